The zero-order valence-corrected chi connectivity index (χ0v) is 5.34. The van der Waals surface area contributed by atoms with Gasteiger partial charge in [0.15, 0.2) is 0 Å². The molecule has 0 aliphatic heterocycles. The molecule has 0 aliphatic rings. The molecule has 28 valence electrons. The summed E-state index contributed by atoms with van der Waals surface area (Å²) in [6.07, 6.45) is 0. The monoisotopic (exact) mass is 186 g/mol. The number of hydrogen-bond donors (Lipinski definition) is 0. The van der Waals surface area contributed by atoms with Crippen molar-refractivity contribution in [3.05, 3.63) is 13.2 Å². The largest absolute Gasteiger partial charge is 1.00 e. The van der Waals surface area contributed by atoms with Gasteiger partial charge in [0.05, 0.1) is 0 Å². The summed E-state index contributed by atoms with van der Waals surface area (Å²) in [5.41, 5.74) is 0. The van der Waals surface area contributed by atoms with Crippen molar-refractivity contribution < 1.29 is 34.0 Å². The molecule has 0 heterocycles. The second-order valence-corrected chi connectivity index (χ2v) is 0. The minimum Gasteiger partial charge on any atom is -1.00 e. The molecule has 0 aromatic carbocycles. The fourth-order valence-electron chi connectivity index (χ4n) is 0. The van der Waals surface area contributed by atoms with Gasteiger partial charge in [-0.15, -0.1) is 13.2 Å². The molecule has 0 atom stereocenters. The maximum absolute atomic E-state index is 3.00. The molecule has 0 radical (unpaired) electrons. The highest BCUT2D eigenvalue weighted by Gasteiger charge is 0.601. The first-order valence-corrected chi connectivity index (χ1v) is 0.500. The van der Waals surface area contributed by atoms with E-state index in [1.54, 1.807) is 0 Å². The van der Waals surface area contributed by atoms with E-state index in [4.69, 9.17) is 0 Å². The fourth-order valence-corrected chi connectivity index (χ4v) is 0. The maximum Gasteiger partial charge on any atom is -0.106 e. The first-order chi connectivity index (χ1) is 1.00. The van der Waals surface area contributed by atoms with Crippen LogP contribution in [-0.4, -0.2) is 0 Å². The first kappa shape index (κ1) is 22.3. The van der Waals surface area contributed by atoms with E-state index >= 15 is 0 Å². The molecule has 0 unspecified atom stereocenters. The highest BCUT2D eigenvalue weighted by atomic mass is 79.9. The van der Waals surface area contributed by atoms with Crippen LogP contribution in [0.25, 0.3) is 0 Å². The van der Waals surface area contributed by atoms with Crippen LogP contribution in [-0.2, 0) is 0 Å². The van der Waals surface area contributed by atoms with Gasteiger partial charge >= 0.3 is 0 Å². The van der Waals surface area contributed by atoms with Gasteiger partial charge in [-0.1, -0.05) is 0 Å². The minimum atomic E-state index is 0. The van der Waals surface area contributed by atoms with Crippen LogP contribution in [0, 0.1) is 0 Å². The summed E-state index contributed by atoms with van der Waals surface area (Å²) in [6, 6.07) is 0. The van der Waals surface area contributed by atoms with Crippen molar-refractivity contribution in [3.63, 3.8) is 0 Å². The summed E-state index contributed by atoms with van der Waals surface area (Å²) in [4.78, 5) is 0. The van der Waals surface area contributed by atoms with Gasteiger partial charge in [-0.3, -0.25) is 0 Å². The van der Waals surface area contributed by atoms with Crippen molar-refractivity contribution in [2.45, 2.75) is 0 Å². The maximum atomic E-state index is 3.00. The van der Waals surface area contributed by atoms with Crippen molar-refractivity contribution >= 4 is 0 Å². The van der Waals surface area contributed by atoms with Crippen molar-refractivity contribution in [1.29, 1.82) is 0 Å². The smallest absolute Gasteiger partial charge is 0.106 e. The van der Waals surface area contributed by atoms with Gasteiger partial charge in [0, 0.05) is 0 Å². The lowest BCUT2D eigenvalue weighted by atomic mass is 11.3. The highest BCUT2D eigenvalue weighted by molar-refractivity contribution is 4.22. The van der Waals surface area contributed by atoms with E-state index in [9.17, 15) is 0 Å². The second kappa shape index (κ2) is 55.0. The zero-order chi connectivity index (χ0) is 2.00. The molecular weight excluding hydrogens is 184 g/mol. The van der Waals surface area contributed by atoms with Crippen LogP contribution in [0.4, 0.5) is 0 Å². The van der Waals surface area contributed by atoms with Crippen LogP contribution in [0.1, 0.15) is 0 Å². The molecule has 4 heavy (non-hydrogen) atoms. The van der Waals surface area contributed by atoms with Crippen molar-refractivity contribution in [1.82, 2.24) is 0 Å². The second-order valence-electron chi connectivity index (χ2n) is 0. The Balaban J connectivity index is -0.00000000500. The third-order valence-electron chi connectivity index (χ3n) is 0. The van der Waals surface area contributed by atoms with E-state index < -0.39 is 0 Å². The summed E-state index contributed by atoms with van der Waals surface area (Å²) in [5.74, 6) is 0. The van der Waals surface area contributed by atoms with Crippen LogP contribution >= 0.6 is 0 Å². The van der Waals surface area contributed by atoms with Gasteiger partial charge in [0.25, 0.3) is 0 Å². The SMILES string of the molecule is C=C.[Br-].[Br-]. The van der Waals surface area contributed by atoms with Crippen molar-refractivity contribution in [2.75, 3.05) is 0 Å². The Labute approximate surface area is 47.4 Å². The summed E-state index contributed by atoms with van der Waals surface area (Å²) >= 11 is 0. The van der Waals surface area contributed by atoms with Crippen LogP contribution in [0.15, 0.2) is 13.2 Å². The summed E-state index contributed by atoms with van der Waals surface area (Å²) < 4.78 is 0. The quantitative estimate of drug-likeness (QED) is 0.333. The third kappa shape index (κ3) is 15.9. The Kier molecular flexibility index (Phi) is 306. The first-order valence-electron chi connectivity index (χ1n) is 0.500. The van der Waals surface area contributed by atoms with Gasteiger partial charge in [-0.05, 0) is 0 Å². The Morgan fingerprint density at radius 1 is 0.750 bits per heavy atom. The van der Waals surface area contributed by atoms with E-state index in [2.05, 4.69) is 13.2 Å². The number of rotatable bonds is 0. The number of halogens is 2. The average Bonchev–Trinajstić information content (AvgIpc) is 1.00. The molecule has 0 rings (SSSR count). The molecule has 2 heteroatoms. The van der Waals surface area contributed by atoms with E-state index in [0.29, 0.717) is 0 Å². The molecule has 0 N–H and O–H groups in total. The van der Waals surface area contributed by atoms with Gasteiger partial charge in [0.2, 0.25) is 0 Å². The van der Waals surface area contributed by atoms with Gasteiger partial charge < -0.3 is 34.0 Å². The lowest BCUT2D eigenvalue weighted by Gasteiger charge is -1.00. The normalized spacial score (nSPS) is 1.00. The lowest BCUT2D eigenvalue weighted by Crippen LogP contribution is -3.00. The highest BCUT2D eigenvalue weighted by Crippen LogP contribution is 0.862. The molecular formula is C2H4Br2-2. The van der Waals surface area contributed by atoms with Gasteiger partial charge in [-0.2, -0.15) is 0 Å². The molecule has 0 amide bonds. The average molecular weight is 188 g/mol. The van der Waals surface area contributed by atoms with E-state index in [-0.39, 0.29) is 34.0 Å². The van der Waals surface area contributed by atoms with Crippen LogP contribution in [0.2, 0.25) is 0 Å². The molecule has 0 fully saturated rings. The molecule has 0 nitrogen and oxygen atoms in total. The Hall–Kier alpha value is 0.700. The Morgan fingerprint density at radius 3 is 0.750 bits per heavy atom. The standard InChI is InChI=1S/C2H4.2BrH/c1-2;;/h1-2H2;2*1H/p-2. The third-order valence-corrected chi connectivity index (χ3v) is 0. The molecule has 0 saturated heterocycles. The van der Waals surface area contributed by atoms with E-state index in [0.717, 1.165) is 0 Å². The topological polar surface area (TPSA) is 0 Å². The Bertz CT molecular complexity index is 4.00. The van der Waals surface area contributed by atoms with E-state index in [1.165, 1.54) is 0 Å². The number of hydrogen-bond acceptors (Lipinski definition) is 0. The van der Waals surface area contributed by atoms with Crippen LogP contribution in [0.3, 0.4) is 0 Å². The molecule has 0 saturated carbocycles. The summed E-state index contributed by atoms with van der Waals surface area (Å²) in [6.45, 7) is 6.00. The van der Waals surface area contributed by atoms with Gasteiger partial charge in [-0.25, -0.2) is 0 Å². The molecule has 0 aliphatic carbocycles. The summed E-state index contributed by atoms with van der Waals surface area (Å²) in [5, 5.41) is 0. The van der Waals surface area contributed by atoms with Crippen molar-refractivity contribution in [3.8, 4) is 0 Å². The predicted molar refractivity (Wildman–Crippen MR) is 11.3 cm³/mol. The fraction of sp³-hybridized carbons (Fsp3) is 0. The zero-order valence-electron chi connectivity index (χ0n) is 2.17. The van der Waals surface area contributed by atoms with Crippen LogP contribution in [0.5, 0.6) is 0 Å². The van der Waals surface area contributed by atoms with E-state index in [1.807, 2.05) is 0 Å². The predicted octanol–water partition coefficient (Wildman–Crippen LogP) is -5.19. The molecule has 0 spiro atoms. The van der Waals surface area contributed by atoms with Gasteiger partial charge in [0.1, 0.15) is 0 Å². The minimum absolute atomic E-state index is 0. The van der Waals surface area contributed by atoms with Crippen molar-refractivity contribution in [2.24, 2.45) is 0 Å². The Morgan fingerprint density at radius 2 is 0.750 bits per heavy atom. The molecule has 0 aromatic rings. The molecule has 0 bridgehead atoms. The molecule has 0 aromatic heterocycles. The van der Waals surface area contributed by atoms with Crippen LogP contribution < -0.4 is 34.0 Å². The lowest BCUT2D eigenvalue weighted by molar-refractivity contribution is -0.00100. The summed E-state index contributed by atoms with van der Waals surface area (Å²) in [7, 11) is 0.